The lowest BCUT2D eigenvalue weighted by Crippen LogP contribution is -2.40. The van der Waals surface area contributed by atoms with Gasteiger partial charge in [0.2, 0.25) is 0 Å². The maximum Gasteiger partial charge on any atom is 0.191 e. The maximum atomic E-state index is 12.2. The third-order valence-electron chi connectivity index (χ3n) is 4.80. The number of methoxy groups -OCH3 is 1. The predicted molar refractivity (Wildman–Crippen MR) is 132 cm³/mol. The van der Waals surface area contributed by atoms with Crippen LogP contribution in [0.15, 0.2) is 23.2 Å². The molecule has 6 nitrogen and oxygen atoms in total. The van der Waals surface area contributed by atoms with Gasteiger partial charge in [0, 0.05) is 53.1 Å². The zero-order chi connectivity index (χ0) is 20.6. The van der Waals surface area contributed by atoms with Gasteiger partial charge in [-0.05, 0) is 58.6 Å². The third-order valence-corrected chi connectivity index (χ3v) is 6.74. The molecule has 0 bridgehead atoms. The number of rotatable bonds is 8. The van der Waals surface area contributed by atoms with Crippen molar-refractivity contribution in [1.29, 1.82) is 0 Å². The Morgan fingerprint density at radius 3 is 2.52 bits per heavy atom. The molecule has 8 heteroatoms. The molecule has 2 N–H and O–H groups in total. The molecule has 1 aliphatic carbocycles. The van der Waals surface area contributed by atoms with E-state index in [0.717, 1.165) is 29.9 Å². The number of nitrogens with one attached hydrogen (secondary N) is 2. The van der Waals surface area contributed by atoms with E-state index in [1.165, 1.54) is 12.8 Å². The summed E-state index contributed by atoms with van der Waals surface area (Å²) in [6.45, 7) is 7.18. The third kappa shape index (κ3) is 8.70. The van der Waals surface area contributed by atoms with E-state index in [9.17, 15) is 4.21 Å². The van der Waals surface area contributed by atoms with Crippen LogP contribution in [0, 0.1) is 0 Å². The number of guanidine groups is 1. The highest BCUT2D eigenvalue weighted by Gasteiger charge is 2.20. The summed E-state index contributed by atoms with van der Waals surface area (Å²) < 4.78 is 23.6. The number of ether oxygens (including phenoxy) is 2. The van der Waals surface area contributed by atoms with Crippen molar-refractivity contribution in [3.05, 3.63) is 23.8 Å². The van der Waals surface area contributed by atoms with E-state index >= 15 is 0 Å². The first-order chi connectivity index (χ1) is 13.3. The van der Waals surface area contributed by atoms with Crippen molar-refractivity contribution in [2.75, 3.05) is 26.5 Å². The van der Waals surface area contributed by atoms with E-state index in [1.54, 1.807) is 14.2 Å². The molecule has 166 valence electrons. The largest absolute Gasteiger partial charge is 0.497 e. The van der Waals surface area contributed by atoms with Gasteiger partial charge in [0.15, 0.2) is 5.96 Å². The molecular formula is C21H36IN3O3S. The van der Waals surface area contributed by atoms with Crippen molar-refractivity contribution in [3.63, 3.8) is 0 Å². The summed E-state index contributed by atoms with van der Waals surface area (Å²) in [5.74, 6) is 2.93. The van der Waals surface area contributed by atoms with Crippen molar-refractivity contribution in [2.45, 2.75) is 63.9 Å². The van der Waals surface area contributed by atoms with Crippen molar-refractivity contribution < 1.29 is 13.7 Å². The lowest BCUT2D eigenvalue weighted by atomic mass is 10.2. The van der Waals surface area contributed by atoms with E-state index in [4.69, 9.17) is 9.47 Å². The fourth-order valence-corrected chi connectivity index (χ4v) is 3.97. The van der Waals surface area contributed by atoms with Crippen molar-refractivity contribution in [2.24, 2.45) is 4.99 Å². The van der Waals surface area contributed by atoms with Gasteiger partial charge in [-0.1, -0.05) is 0 Å². The standard InChI is InChI=1S/C21H35N3O3S.HI/c1-21(2,3)28(25)13-12-23-20(22-4)24-15-16-10-11-18(26-5)14-19(16)27-17-8-6-7-9-17;/h10-11,14,17H,6-9,12-13,15H2,1-5H3,(H2,22,23,24);1H. The topological polar surface area (TPSA) is 72.0 Å². The Labute approximate surface area is 195 Å². The summed E-state index contributed by atoms with van der Waals surface area (Å²) >= 11 is 0. The fourth-order valence-electron chi connectivity index (χ4n) is 3.07. The van der Waals surface area contributed by atoms with E-state index in [1.807, 2.05) is 39.0 Å². The molecule has 29 heavy (non-hydrogen) atoms. The van der Waals surface area contributed by atoms with Crippen LogP contribution >= 0.6 is 24.0 Å². The maximum absolute atomic E-state index is 12.2. The molecule has 0 aromatic heterocycles. The Hall–Kier alpha value is -1.03. The van der Waals surface area contributed by atoms with Gasteiger partial charge in [-0.2, -0.15) is 0 Å². The number of hydrogen-bond acceptors (Lipinski definition) is 4. The quantitative estimate of drug-likeness (QED) is 0.300. The van der Waals surface area contributed by atoms with Crippen LogP contribution in [0.2, 0.25) is 0 Å². The van der Waals surface area contributed by atoms with E-state index in [0.29, 0.717) is 24.8 Å². The minimum atomic E-state index is -0.885. The van der Waals surface area contributed by atoms with Crippen LogP contribution < -0.4 is 20.1 Å². The monoisotopic (exact) mass is 537 g/mol. The summed E-state index contributed by atoms with van der Waals surface area (Å²) in [7, 11) is 2.52. The minimum absolute atomic E-state index is 0. The van der Waals surface area contributed by atoms with E-state index in [-0.39, 0.29) is 34.8 Å². The molecule has 0 heterocycles. The number of hydrogen-bond donors (Lipinski definition) is 2. The summed E-state index contributed by atoms with van der Waals surface area (Å²) in [5.41, 5.74) is 1.06. The average Bonchev–Trinajstić information content (AvgIpc) is 3.17. The number of aliphatic imine (C=N–C) groups is 1. The van der Waals surface area contributed by atoms with Gasteiger partial charge in [0.05, 0.1) is 13.2 Å². The van der Waals surface area contributed by atoms with Gasteiger partial charge in [-0.15, -0.1) is 24.0 Å². The smallest absolute Gasteiger partial charge is 0.191 e. The molecule has 0 radical (unpaired) electrons. The van der Waals surface area contributed by atoms with E-state index in [2.05, 4.69) is 15.6 Å². The highest BCUT2D eigenvalue weighted by Crippen LogP contribution is 2.30. The molecule has 0 aliphatic heterocycles. The second kappa shape index (κ2) is 12.6. The van der Waals surface area contributed by atoms with Gasteiger partial charge in [0.1, 0.15) is 11.5 Å². The summed E-state index contributed by atoms with van der Waals surface area (Å²) in [4.78, 5) is 4.26. The average molecular weight is 538 g/mol. The molecule has 1 aromatic carbocycles. The van der Waals surface area contributed by atoms with Crippen LogP contribution in [0.5, 0.6) is 11.5 Å². The summed E-state index contributed by atoms with van der Waals surface area (Å²) in [5, 5.41) is 6.56. The molecule has 0 saturated heterocycles. The number of nitrogens with zero attached hydrogens (tertiary/aromatic N) is 1. The van der Waals surface area contributed by atoms with Crippen LogP contribution in [-0.2, 0) is 17.3 Å². The summed E-state index contributed by atoms with van der Waals surface area (Å²) in [6, 6.07) is 5.93. The number of halogens is 1. The lowest BCUT2D eigenvalue weighted by molar-refractivity contribution is 0.207. The number of benzene rings is 1. The fraction of sp³-hybridized carbons (Fsp3) is 0.667. The van der Waals surface area contributed by atoms with Crippen LogP contribution in [0.1, 0.15) is 52.0 Å². The first-order valence-corrected chi connectivity index (χ1v) is 11.3. The normalized spacial score (nSPS) is 16.1. The zero-order valence-corrected chi connectivity index (χ0v) is 21.4. The SMILES string of the molecule is CN=C(NCCS(=O)C(C)(C)C)NCc1ccc(OC)cc1OC1CCCC1.I. The Morgan fingerprint density at radius 1 is 1.24 bits per heavy atom. The van der Waals surface area contributed by atoms with E-state index < -0.39 is 10.8 Å². The molecule has 2 rings (SSSR count). The molecule has 1 aromatic rings. The minimum Gasteiger partial charge on any atom is -0.497 e. The second-order valence-corrected chi connectivity index (χ2v) is 10.3. The molecule has 1 saturated carbocycles. The highest BCUT2D eigenvalue weighted by molar-refractivity contribution is 14.0. The molecule has 1 fully saturated rings. The van der Waals surface area contributed by atoms with Crippen LogP contribution in [0.3, 0.4) is 0 Å². The Balaban J connectivity index is 0.00000420. The molecule has 0 spiro atoms. The Kier molecular flexibility index (Phi) is 11.3. The molecule has 1 atom stereocenters. The highest BCUT2D eigenvalue weighted by atomic mass is 127. The van der Waals surface area contributed by atoms with Gasteiger partial charge in [0.25, 0.3) is 0 Å². The molecule has 0 amide bonds. The van der Waals surface area contributed by atoms with Crippen molar-refractivity contribution >= 4 is 40.7 Å². The van der Waals surface area contributed by atoms with Gasteiger partial charge < -0.3 is 20.1 Å². The summed E-state index contributed by atoms with van der Waals surface area (Å²) in [6.07, 6.45) is 4.97. The predicted octanol–water partition coefficient (Wildman–Crippen LogP) is 3.85. The van der Waals surface area contributed by atoms with Gasteiger partial charge in [-0.3, -0.25) is 9.20 Å². The van der Waals surface area contributed by atoms with Crippen molar-refractivity contribution in [3.8, 4) is 11.5 Å². The Bertz CT molecular complexity index is 686. The molecule has 1 aliphatic rings. The van der Waals surface area contributed by atoms with Crippen molar-refractivity contribution in [1.82, 2.24) is 10.6 Å². The van der Waals surface area contributed by atoms with Crippen LogP contribution in [0.25, 0.3) is 0 Å². The first kappa shape index (κ1) is 26.0. The zero-order valence-electron chi connectivity index (χ0n) is 18.2. The Morgan fingerprint density at radius 2 is 1.93 bits per heavy atom. The van der Waals surface area contributed by atoms with Crippen LogP contribution in [0.4, 0.5) is 0 Å². The van der Waals surface area contributed by atoms with Crippen LogP contribution in [-0.4, -0.2) is 47.5 Å². The first-order valence-electron chi connectivity index (χ1n) is 10.00. The molecular weight excluding hydrogens is 501 g/mol. The lowest BCUT2D eigenvalue weighted by Gasteiger charge is -2.20. The second-order valence-electron chi connectivity index (χ2n) is 8.01. The molecule has 1 unspecified atom stereocenters. The van der Waals surface area contributed by atoms with Gasteiger partial charge >= 0.3 is 0 Å². The van der Waals surface area contributed by atoms with Gasteiger partial charge in [-0.25, -0.2) is 0 Å².